The molecule has 0 radical (unpaired) electrons. The molecule has 0 spiro atoms. The third kappa shape index (κ3) is 3.96. The van der Waals surface area contributed by atoms with E-state index < -0.39 is 23.1 Å². The minimum absolute atomic E-state index is 0.129. The monoisotopic (exact) mass is 383 g/mol. The van der Waals surface area contributed by atoms with Crippen LogP contribution >= 0.6 is 0 Å². The quantitative estimate of drug-likeness (QED) is 0.398. The molecule has 0 saturated heterocycles. The van der Waals surface area contributed by atoms with E-state index in [4.69, 9.17) is 4.74 Å². The second kappa shape index (κ2) is 8.26. The van der Waals surface area contributed by atoms with Crippen LogP contribution in [-0.4, -0.2) is 28.9 Å². The molecule has 2 aromatic carbocycles. The van der Waals surface area contributed by atoms with Crippen LogP contribution in [0, 0.1) is 11.6 Å². The van der Waals surface area contributed by atoms with Crippen LogP contribution in [0.4, 0.5) is 14.6 Å². The average Bonchev–Trinajstić information content (AvgIpc) is 2.72. The summed E-state index contributed by atoms with van der Waals surface area (Å²) >= 11 is 0. The Balaban J connectivity index is 1.78. The van der Waals surface area contributed by atoms with Crippen molar-refractivity contribution in [3.63, 3.8) is 0 Å². The highest BCUT2D eigenvalue weighted by atomic mass is 19.2. The van der Waals surface area contributed by atoms with E-state index >= 15 is 0 Å². The average molecular weight is 383 g/mol. The van der Waals surface area contributed by atoms with Gasteiger partial charge in [-0.3, -0.25) is 4.79 Å². The molecule has 6 nitrogen and oxygen atoms in total. The zero-order valence-corrected chi connectivity index (χ0v) is 14.7. The number of halogens is 2. The Hall–Kier alpha value is -3.81. The number of benzene rings is 2. The van der Waals surface area contributed by atoms with Crippen LogP contribution in [0.3, 0.4) is 0 Å². The van der Waals surface area contributed by atoms with Gasteiger partial charge in [0.25, 0.3) is 5.91 Å². The van der Waals surface area contributed by atoms with E-state index in [9.17, 15) is 18.8 Å². The van der Waals surface area contributed by atoms with Crippen LogP contribution in [0.5, 0.6) is 5.75 Å². The number of pyridine rings is 1. The topological polar surface area (TPSA) is 83.8 Å². The number of aromatic nitrogens is 1. The van der Waals surface area contributed by atoms with Crippen molar-refractivity contribution in [1.29, 1.82) is 0 Å². The summed E-state index contributed by atoms with van der Waals surface area (Å²) in [6.45, 7) is 0. The zero-order chi connectivity index (χ0) is 20.1. The Kier molecular flexibility index (Phi) is 5.59. The lowest BCUT2D eigenvalue weighted by Crippen LogP contribution is -2.15. The van der Waals surface area contributed by atoms with Crippen molar-refractivity contribution in [2.75, 3.05) is 12.4 Å². The summed E-state index contributed by atoms with van der Waals surface area (Å²) in [6.07, 6.45) is 1.39. The molecular formula is C20H15F2N3O3. The van der Waals surface area contributed by atoms with E-state index in [0.29, 0.717) is 16.9 Å². The third-order valence-corrected chi connectivity index (χ3v) is 3.94. The van der Waals surface area contributed by atoms with Gasteiger partial charge in [0.1, 0.15) is 17.3 Å². The molecule has 0 aliphatic heterocycles. The number of oxime groups is 1. The molecule has 0 unspecified atom stereocenters. The number of carbonyl (C=O) groups excluding carboxylic acids is 1. The maximum absolute atomic E-state index is 13.7. The summed E-state index contributed by atoms with van der Waals surface area (Å²) < 4.78 is 32.0. The van der Waals surface area contributed by atoms with E-state index in [1.165, 1.54) is 24.4 Å². The Morgan fingerprint density at radius 2 is 1.79 bits per heavy atom. The van der Waals surface area contributed by atoms with Gasteiger partial charge in [-0.05, 0) is 48.5 Å². The van der Waals surface area contributed by atoms with Crippen LogP contribution in [0.15, 0.2) is 65.9 Å². The van der Waals surface area contributed by atoms with Gasteiger partial charge in [-0.15, -0.1) is 0 Å². The van der Waals surface area contributed by atoms with E-state index in [1.54, 1.807) is 37.4 Å². The maximum atomic E-state index is 13.7. The number of ether oxygens (including phenoxy) is 1. The summed E-state index contributed by atoms with van der Waals surface area (Å²) in [5.74, 6) is -2.39. The molecule has 3 rings (SSSR count). The molecule has 0 bridgehead atoms. The number of carbonyl (C=O) groups is 1. The van der Waals surface area contributed by atoms with Crippen molar-refractivity contribution in [3.8, 4) is 5.75 Å². The molecular weight excluding hydrogens is 368 g/mol. The Bertz CT molecular complexity index is 1020. The smallest absolute Gasteiger partial charge is 0.259 e. The SMILES string of the molecule is COc1ccc(/C(=N/O)c2ccc(NC(=O)c3cccc(F)c3F)nc2)cc1. The fraction of sp³-hybridized carbons (Fsp3) is 0.0500. The molecule has 28 heavy (non-hydrogen) atoms. The lowest BCUT2D eigenvalue weighted by molar-refractivity contribution is 0.102. The number of hydrogen-bond acceptors (Lipinski definition) is 5. The number of methoxy groups -OCH3 is 1. The van der Waals surface area contributed by atoms with Gasteiger partial charge in [-0.25, -0.2) is 13.8 Å². The number of nitrogens with one attached hydrogen (secondary N) is 1. The molecule has 1 heterocycles. The van der Waals surface area contributed by atoms with Crippen molar-refractivity contribution >= 4 is 17.4 Å². The normalized spacial score (nSPS) is 11.2. The lowest BCUT2D eigenvalue weighted by atomic mass is 10.0. The Labute approximate surface area is 159 Å². The Morgan fingerprint density at radius 3 is 2.39 bits per heavy atom. The lowest BCUT2D eigenvalue weighted by Gasteiger charge is -2.08. The van der Waals surface area contributed by atoms with Crippen LogP contribution in [0.25, 0.3) is 0 Å². The molecule has 0 saturated carbocycles. The number of nitrogens with zero attached hydrogens (tertiary/aromatic N) is 2. The molecule has 8 heteroatoms. The maximum Gasteiger partial charge on any atom is 0.259 e. The van der Waals surface area contributed by atoms with Gasteiger partial charge in [0.15, 0.2) is 11.6 Å². The zero-order valence-electron chi connectivity index (χ0n) is 14.7. The fourth-order valence-electron chi connectivity index (χ4n) is 2.50. The molecule has 1 aromatic heterocycles. The molecule has 0 fully saturated rings. The predicted octanol–water partition coefficient (Wildman–Crippen LogP) is 3.85. The third-order valence-electron chi connectivity index (χ3n) is 3.94. The van der Waals surface area contributed by atoms with Gasteiger partial charge >= 0.3 is 0 Å². The van der Waals surface area contributed by atoms with Crippen LogP contribution in [0.2, 0.25) is 0 Å². The number of hydrogen-bond donors (Lipinski definition) is 2. The standard InChI is InChI=1S/C20H15F2N3O3/c1-28-14-8-5-12(6-9-14)19(25-27)13-7-10-17(23-11-13)24-20(26)15-3-2-4-16(21)18(15)22/h2-11,27H,1H3,(H,23,24,26)/b25-19-. The van der Waals surface area contributed by atoms with Crippen LogP contribution in [-0.2, 0) is 0 Å². The predicted molar refractivity (Wildman–Crippen MR) is 99.0 cm³/mol. The van der Waals surface area contributed by atoms with Crippen molar-refractivity contribution < 1.29 is 23.5 Å². The Morgan fingerprint density at radius 1 is 1.07 bits per heavy atom. The molecule has 0 aliphatic carbocycles. The van der Waals surface area contributed by atoms with E-state index in [1.807, 2.05) is 0 Å². The van der Waals surface area contributed by atoms with E-state index in [-0.39, 0.29) is 11.5 Å². The van der Waals surface area contributed by atoms with Gasteiger partial charge in [-0.2, -0.15) is 0 Å². The van der Waals surface area contributed by atoms with Crippen LogP contribution < -0.4 is 10.1 Å². The highest BCUT2D eigenvalue weighted by molar-refractivity contribution is 6.12. The van der Waals surface area contributed by atoms with Gasteiger partial charge < -0.3 is 15.3 Å². The summed E-state index contributed by atoms with van der Waals surface area (Å²) in [7, 11) is 1.54. The first kappa shape index (κ1) is 19.0. The van der Waals surface area contributed by atoms with Crippen molar-refractivity contribution in [2.45, 2.75) is 0 Å². The number of amides is 1. The molecule has 2 N–H and O–H groups in total. The van der Waals surface area contributed by atoms with Crippen molar-refractivity contribution in [2.24, 2.45) is 5.16 Å². The number of rotatable bonds is 5. The van der Waals surface area contributed by atoms with Gasteiger partial charge in [0, 0.05) is 17.3 Å². The fourth-order valence-corrected chi connectivity index (χ4v) is 2.50. The molecule has 0 aliphatic rings. The minimum atomic E-state index is -1.23. The van der Waals surface area contributed by atoms with Gasteiger partial charge in [0.05, 0.1) is 12.7 Å². The second-order valence-corrected chi connectivity index (χ2v) is 5.66. The molecule has 142 valence electrons. The molecule has 1 amide bonds. The highest BCUT2D eigenvalue weighted by Crippen LogP contribution is 2.17. The van der Waals surface area contributed by atoms with Crippen LogP contribution in [0.1, 0.15) is 21.5 Å². The van der Waals surface area contributed by atoms with Gasteiger partial charge in [0.2, 0.25) is 0 Å². The number of anilines is 1. The summed E-state index contributed by atoms with van der Waals surface area (Å²) in [4.78, 5) is 16.2. The van der Waals surface area contributed by atoms with E-state index in [0.717, 1.165) is 6.07 Å². The van der Waals surface area contributed by atoms with Crippen molar-refractivity contribution in [3.05, 3.63) is 89.1 Å². The minimum Gasteiger partial charge on any atom is -0.497 e. The summed E-state index contributed by atoms with van der Waals surface area (Å²) in [5, 5.41) is 15.1. The molecule has 3 aromatic rings. The second-order valence-electron chi connectivity index (χ2n) is 5.66. The summed E-state index contributed by atoms with van der Waals surface area (Å²) in [5.41, 5.74) is 0.956. The first-order valence-electron chi connectivity index (χ1n) is 8.11. The summed E-state index contributed by atoms with van der Waals surface area (Å²) in [6, 6.07) is 13.2. The highest BCUT2D eigenvalue weighted by Gasteiger charge is 2.16. The molecule has 0 atom stereocenters. The largest absolute Gasteiger partial charge is 0.497 e. The van der Waals surface area contributed by atoms with Crippen molar-refractivity contribution in [1.82, 2.24) is 4.98 Å². The first-order chi connectivity index (χ1) is 13.5. The van der Waals surface area contributed by atoms with Gasteiger partial charge in [-0.1, -0.05) is 11.2 Å². The first-order valence-corrected chi connectivity index (χ1v) is 8.11. The van der Waals surface area contributed by atoms with E-state index in [2.05, 4.69) is 15.5 Å².